The number of nitrogens with zero attached hydrogens (tertiary/aromatic N) is 2. The summed E-state index contributed by atoms with van der Waals surface area (Å²) in [4.78, 5) is 0. The highest BCUT2D eigenvalue weighted by Gasteiger charge is 2.08. The van der Waals surface area contributed by atoms with Crippen LogP contribution in [-0.2, 0) is 0 Å². The standard InChI is InChI=1S/C14H10F2N2OS/c1-8-6-10(7-12-13(8)18-20-17-12)9-2-4-11(5-3-9)19-14(15)16/h2-7,14H,1H3. The van der Waals surface area contributed by atoms with Crippen LogP contribution in [0.3, 0.4) is 0 Å². The Bertz CT molecular complexity index is 741. The predicted molar refractivity (Wildman–Crippen MR) is 74.2 cm³/mol. The second kappa shape index (κ2) is 5.13. The first-order chi connectivity index (χ1) is 9.63. The van der Waals surface area contributed by atoms with Crippen molar-refractivity contribution in [2.45, 2.75) is 13.5 Å². The lowest BCUT2D eigenvalue weighted by Crippen LogP contribution is -2.01. The van der Waals surface area contributed by atoms with Crippen LogP contribution in [0.4, 0.5) is 8.78 Å². The van der Waals surface area contributed by atoms with Crippen LogP contribution in [0.25, 0.3) is 22.2 Å². The van der Waals surface area contributed by atoms with Crippen LogP contribution in [0.15, 0.2) is 36.4 Å². The van der Waals surface area contributed by atoms with Crippen molar-refractivity contribution in [2.75, 3.05) is 0 Å². The van der Waals surface area contributed by atoms with Gasteiger partial charge >= 0.3 is 6.61 Å². The molecule has 0 aliphatic heterocycles. The first kappa shape index (κ1) is 12.9. The molecule has 0 bridgehead atoms. The third-order valence-corrected chi connectivity index (χ3v) is 3.51. The van der Waals surface area contributed by atoms with Crippen LogP contribution < -0.4 is 4.74 Å². The van der Waals surface area contributed by atoms with E-state index in [-0.39, 0.29) is 5.75 Å². The number of fused-ring (bicyclic) bond motifs is 1. The number of aryl methyl sites for hydroxylation is 1. The molecule has 0 atom stereocenters. The molecule has 3 nitrogen and oxygen atoms in total. The molecule has 0 spiro atoms. The van der Waals surface area contributed by atoms with Gasteiger partial charge < -0.3 is 4.74 Å². The minimum atomic E-state index is -2.81. The Hall–Kier alpha value is -2.08. The first-order valence-corrected chi connectivity index (χ1v) is 6.64. The minimum absolute atomic E-state index is 0.150. The van der Waals surface area contributed by atoms with Crippen LogP contribution in [0.1, 0.15) is 5.56 Å². The lowest BCUT2D eigenvalue weighted by molar-refractivity contribution is -0.0498. The number of rotatable bonds is 3. The molecule has 1 aromatic heterocycles. The van der Waals surface area contributed by atoms with Gasteiger partial charge in [0.05, 0.1) is 11.7 Å². The van der Waals surface area contributed by atoms with E-state index in [1.807, 2.05) is 19.1 Å². The zero-order chi connectivity index (χ0) is 14.1. The Morgan fingerprint density at radius 2 is 1.80 bits per heavy atom. The third kappa shape index (κ3) is 2.46. The van der Waals surface area contributed by atoms with E-state index in [4.69, 9.17) is 0 Å². The number of ether oxygens (including phenoxy) is 1. The van der Waals surface area contributed by atoms with Crippen molar-refractivity contribution in [1.82, 2.24) is 8.75 Å². The summed E-state index contributed by atoms with van der Waals surface area (Å²) >= 11 is 1.18. The zero-order valence-electron chi connectivity index (χ0n) is 10.5. The molecule has 0 aliphatic carbocycles. The van der Waals surface area contributed by atoms with Gasteiger partial charge in [-0.1, -0.05) is 12.1 Å². The molecular formula is C14H10F2N2OS. The number of alkyl halides is 2. The molecular weight excluding hydrogens is 282 g/mol. The van der Waals surface area contributed by atoms with Crippen molar-refractivity contribution in [3.05, 3.63) is 42.0 Å². The highest BCUT2D eigenvalue weighted by atomic mass is 32.1. The van der Waals surface area contributed by atoms with Gasteiger partial charge in [0.2, 0.25) is 0 Å². The number of benzene rings is 2. The van der Waals surface area contributed by atoms with E-state index in [0.29, 0.717) is 0 Å². The summed E-state index contributed by atoms with van der Waals surface area (Å²) in [7, 11) is 0. The summed E-state index contributed by atoms with van der Waals surface area (Å²) in [6, 6.07) is 10.5. The largest absolute Gasteiger partial charge is 0.435 e. The van der Waals surface area contributed by atoms with Gasteiger partial charge in [-0.15, -0.1) is 0 Å². The molecule has 0 N–H and O–H groups in total. The average molecular weight is 292 g/mol. The summed E-state index contributed by atoms with van der Waals surface area (Å²) in [5.41, 5.74) is 4.68. The van der Waals surface area contributed by atoms with Crippen molar-refractivity contribution in [1.29, 1.82) is 0 Å². The van der Waals surface area contributed by atoms with Crippen LogP contribution in [0.5, 0.6) is 5.75 Å². The van der Waals surface area contributed by atoms with Crippen LogP contribution in [0, 0.1) is 6.92 Å². The molecule has 20 heavy (non-hydrogen) atoms. The van der Waals surface area contributed by atoms with Gasteiger partial charge in [-0.2, -0.15) is 17.5 Å². The molecule has 3 aromatic rings. The molecule has 0 saturated heterocycles. The molecule has 2 aromatic carbocycles. The Kier molecular flexibility index (Phi) is 3.31. The molecule has 0 fully saturated rings. The van der Waals surface area contributed by atoms with Crippen molar-refractivity contribution in [3.63, 3.8) is 0 Å². The van der Waals surface area contributed by atoms with E-state index in [1.54, 1.807) is 12.1 Å². The summed E-state index contributed by atoms with van der Waals surface area (Å²) in [6.45, 7) is -0.831. The van der Waals surface area contributed by atoms with Crippen LogP contribution >= 0.6 is 11.7 Å². The molecule has 1 heterocycles. The van der Waals surface area contributed by atoms with Crippen LogP contribution in [0.2, 0.25) is 0 Å². The molecule has 0 unspecified atom stereocenters. The second-order valence-corrected chi connectivity index (χ2v) is 4.86. The van der Waals surface area contributed by atoms with Gasteiger partial charge in [-0.05, 0) is 47.9 Å². The van der Waals surface area contributed by atoms with E-state index in [1.165, 1.54) is 23.9 Å². The Labute approximate surface area is 118 Å². The molecule has 102 valence electrons. The van der Waals surface area contributed by atoms with Crippen molar-refractivity contribution in [3.8, 4) is 16.9 Å². The maximum Gasteiger partial charge on any atom is 0.387 e. The minimum Gasteiger partial charge on any atom is -0.435 e. The van der Waals surface area contributed by atoms with Gasteiger partial charge in [-0.25, -0.2) is 0 Å². The molecule has 0 radical (unpaired) electrons. The monoisotopic (exact) mass is 292 g/mol. The lowest BCUT2D eigenvalue weighted by Gasteiger charge is -2.07. The fourth-order valence-electron chi connectivity index (χ4n) is 2.05. The smallest absolute Gasteiger partial charge is 0.387 e. The molecule has 0 saturated carbocycles. The van der Waals surface area contributed by atoms with Gasteiger partial charge in [0.1, 0.15) is 16.8 Å². The predicted octanol–water partition coefficient (Wildman–Crippen LogP) is 4.27. The maximum atomic E-state index is 12.1. The zero-order valence-corrected chi connectivity index (χ0v) is 11.3. The Morgan fingerprint density at radius 1 is 1.05 bits per heavy atom. The third-order valence-electron chi connectivity index (χ3n) is 2.96. The van der Waals surface area contributed by atoms with E-state index in [0.717, 1.165) is 27.7 Å². The van der Waals surface area contributed by atoms with Gasteiger partial charge in [0.15, 0.2) is 0 Å². The fourth-order valence-corrected chi connectivity index (χ4v) is 2.64. The summed E-state index contributed by atoms with van der Waals surface area (Å²) < 4.78 is 37.0. The first-order valence-electron chi connectivity index (χ1n) is 5.91. The SMILES string of the molecule is Cc1cc(-c2ccc(OC(F)F)cc2)cc2nsnc12. The van der Waals surface area contributed by atoms with Gasteiger partial charge in [0.25, 0.3) is 0 Å². The normalized spacial score (nSPS) is 11.2. The van der Waals surface area contributed by atoms with Gasteiger partial charge in [0, 0.05) is 0 Å². The van der Waals surface area contributed by atoms with E-state index < -0.39 is 6.61 Å². The van der Waals surface area contributed by atoms with Crippen molar-refractivity contribution in [2.24, 2.45) is 0 Å². The summed E-state index contributed by atoms with van der Waals surface area (Å²) in [5.74, 6) is 0.150. The number of hydrogen-bond donors (Lipinski definition) is 0. The highest BCUT2D eigenvalue weighted by Crippen LogP contribution is 2.28. The quantitative estimate of drug-likeness (QED) is 0.723. The lowest BCUT2D eigenvalue weighted by atomic mass is 10.0. The highest BCUT2D eigenvalue weighted by molar-refractivity contribution is 7.00. The fraction of sp³-hybridized carbons (Fsp3) is 0.143. The topological polar surface area (TPSA) is 35.0 Å². The van der Waals surface area contributed by atoms with Gasteiger partial charge in [-0.3, -0.25) is 0 Å². The molecule has 0 aliphatic rings. The van der Waals surface area contributed by atoms with Crippen LogP contribution in [-0.4, -0.2) is 15.4 Å². The Morgan fingerprint density at radius 3 is 2.50 bits per heavy atom. The van der Waals surface area contributed by atoms with Crippen molar-refractivity contribution >= 4 is 22.8 Å². The summed E-state index contributed by atoms with van der Waals surface area (Å²) in [5, 5.41) is 0. The van der Waals surface area contributed by atoms with E-state index >= 15 is 0 Å². The van der Waals surface area contributed by atoms with E-state index in [2.05, 4.69) is 13.5 Å². The van der Waals surface area contributed by atoms with Crippen molar-refractivity contribution < 1.29 is 13.5 Å². The summed E-state index contributed by atoms with van der Waals surface area (Å²) in [6.07, 6.45) is 0. The number of halogens is 2. The molecule has 3 rings (SSSR count). The maximum absolute atomic E-state index is 12.1. The van der Waals surface area contributed by atoms with E-state index in [9.17, 15) is 8.78 Å². The second-order valence-electron chi connectivity index (χ2n) is 4.33. The average Bonchev–Trinajstić information content (AvgIpc) is 2.87. The number of hydrogen-bond acceptors (Lipinski definition) is 4. The Balaban J connectivity index is 1.98. The molecule has 6 heteroatoms. The molecule has 0 amide bonds. The number of aromatic nitrogens is 2.